The lowest BCUT2D eigenvalue weighted by Gasteiger charge is -2.42. The van der Waals surface area contributed by atoms with Gasteiger partial charge in [-0.1, -0.05) is 0 Å². The second-order valence-corrected chi connectivity index (χ2v) is 8.49. The highest BCUT2D eigenvalue weighted by Crippen LogP contribution is 2.11. The van der Waals surface area contributed by atoms with E-state index in [1.54, 1.807) is 0 Å². The van der Waals surface area contributed by atoms with Gasteiger partial charge in [-0.2, -0.15) is 0 Å². The van der Waals surface area contributed by atoms with Gasteiger partial charge in [-0.25, -0.2) is 0 Å². The Balaban J connectivity index is 0.00000169. The van der Waals surface area contributed by atoms with Crippen LogP contribution in [0.5, 0.6) is 0 Å². The van der Waals surface area contributed by atoms with Crippen molar-refractivity contribution in [3.8, 4) is 0 Å². The number of quaternary nitrogens is 2. The molecule has 156 valence electrons. The lowest BCUT2D eigenvalue weighted by Crippen LogP contribution is -3.00. The maximum atomic E-state index is 5.51. The summed E-state index contributed by atoms with van der Waals surface area (Å²) in [4.78, 5) is 5.33. The summed E-state index contributed by atoms with van der Waals surface area (Å²) in [6.07, 6.45) is 0. The van der Waals surface area contributed by atoms with Crippen LogP contribution in [0, 0.1) is 0 Å². The Kier molecular flexibility index (Phi) is 11.7. The summed E-state index contributed by atoms with van der Waals surface area (Å²) in [6, 6.07) is 0. The highest BCUT2D eigenvalue weighted by Gasteiger charge is 2.28. The van der Waals surface area contributed by atoms with E-state index >= 15 is 0 Å². The molecule has 0 aromatic rings. The molecule has 0 saturated carbocycles. The van der Waals surface area contributed by atoms with Crippen molar-refractivity contribution >= 4 is 0 Å². The fraction of sp³-hybridized carbons (Fsp3) is 1.00. The Morgan fingerprint density at radius 2 is 0.923 bits per heavy atom. The molecule has 0 bridgehead atoms. The third-order valence-electron chi connectivity index (χ3n) is 6.48. The largest absolute Gasteiger partial charge is 1.00 e. The molecular formula is C18H38I2N4O2. The molecule has 3 aliphatic rings. The zero-order chi connectivity index (χ0) is 16.9. The second-order valence-electron chi connectivity index (χ2n) is 8.49. The van der Waals surface area contributed by atoms with Crippen LogP contribution in [0.25, 0.3) is 0 Å². The van der Waals surface area contributed by atoms with Gasteiger partial charge in [0, 0.05) is 39.3 Å². The van der Waals surface area contributed by atoms with E-state index < -0.39 is 0 Å². The van der Waals surface area contributed by atoms with Gasteiger partial charge < -0.3 is 66.4 Å². The lowest BCUT2D eigenvalue weighted by atomic mass is 10.2. The molecule has 0 atom stereocenters. The number of halogens is 2. The Bertz CT molecular complexity index is 347. The zero-order valence-electron chi connectivity index (χ0n) is 16.7. The topological polar surface area (TPSA) is 24.9 Å². The molecule has 3 aliphatic heterocycles. The summed E-state index contributed by atoms with van der Waals surface area (Å²) in [5, 5.41) is 0. The molecule has 3 saturated heterocycles. The maximum absolute atomic E-state index is 5.51. The van der Waals surface area contributed by atoms with E-state index in [-0.39, 0.29) is 48.0 Å². The first-order valence-corrected chi connectivity index (χ1v) is 9.84. The standard InChI is InChI=1S/C18H38N4O2.2HI/c1-21(11-15-23-16-12-21)9-7-19-3-5-20(6-4-19)8-10-22(2)13-17-24-18-14-22;;/h3-18H2,1-2H3;2*1H/q+2;;/p-2. The second kappa shape index (κ2) is 12.0. The van der Waals surface area contributed by atoms with Crippen molar-refractivity contribution in [2.45, 2.75) is 0 Å². The van der Waals surface area contributed by atoms with Crippen molar-refractivity contribution in [1.29, 1.82) is 0 Å². The van der Waals surface area contributed by atoms with E-state index in [9.17, 15) is 0 Å². The Morgan fingerprint density at radius 1 is 0.615 bits per heavy atom. The molecule has 0 N–H and O–H groups in total. The fourth-order valence-corrected chi connectivity index (χ4v) is 4.02. The summed E-state index contributed by atoms with van der Waals surface area (Å²) in [5.41, 5.74) is 0. The number of ether oxygens (including phenoxy) is 2. The summed E-state index contributed by atoms with van der Waals surface area (Å²) in [7, 11) is 4.79. The Labute approximate surface area is 194 Å². The van der Waals surface area contributed by atoms with Crippen molar-refractivity contribution in [2.24, 2.45) is 0 Å². The SMILES string of the molecule is C[N+]1(CCN2CCN(CC[N+]3(C)CCOCC3)CC2)CCOCC1.[I-].[I-]. The predicted octanol–water partition coefficient (Wildman–Crippen LogP) is -6.43. The van der Waals surface area contributed by atoms with Gasteiger partial charge >= 0.3 is 0 Å². The summed E-state index contributed by atoms with van der Waals surface area (Å²) >= 11 is 0. The van der Waals surface area contributed by atoms with Gasteiger partial charge in [-0.15, -0.1) is 0 Å². The minimum Gasteiger partial charge on any atom is -1.00 e. The molecular weight excluding hydrogens is 558 g/mol. The van der Waals surface area contributed by atoms with Crippen LogP contribution in [0.2, 0.25) is 0 Å². The Morgan fingerprint density at radius 3 is 1.23 bits per heavy atom. The molecule has 0 unspecified atom stereocenters. The van der Waals surface area contributed by atoms with Crippen LogP contribution in [0.3, 0.4) is 0 Å². The third-order valence-corrected chi connectivity index (χ3v) is 6.48. The van der Waals surface area contributed by atoms with Crippen molar-refractivity contribution in [2.75, 3.05) is 119 Å². The van der Waals surface area contributed by atoms with Crippen LogP contribution in [-0.2, 0) is 9.47 Å². The number of likely N-dealkylation sites (N-methyl/N-ethyl adjacent to an activating group) is 2. The summed E-state index contributed by atoms with van der Waals surface area (Å²) in [5.74, 6) is 0. The zero-order valence-corrected chi connectivity index (χ0v) is 21.0. The number of hydrogen-bond acceptors (Lipinski definition) is 4. The monoisotopic (exact) mass is 596 g/mol. The first kappa shape index (κ1) is 25.3. The molecule has 3 fully saturated rings. The molecule has 3 rings (SSSR count). The molecule has 0 aromatic carbocycles. The van der Waals surface area contributed by atoms with Crippen molar-refractivity contribution < 1.29 is 66.4 Å². The first-order chi connectivity index (χ1) is 11.6. The average molecular weight is 596 g/mol. The molecule has 0 aromatic heterocycles. The van der Waals surface area contributed by atoms with Crippen LogP contribution in [-0.4, -0.2) is 138 Å². The van der Waals surface area contributed by atoms with Gasteiger partial charge in [0.05, 0.1) is 53.6 Å². The number of piperazine rings is 1. The molecule has 0 spiro atoms. The molecule has 0 radical (unpaired) electrons. The number of nitrogens with zero attached hydrogens (tertiary/aromatic N) is 4. The minimum atomic E-state index is 0. The molecule has 0 aliphatic carbocycles. The Hall–Kier alpha value is 1.22. The van der Waals surface area contributed by atoms with E-state index in [0.717, 1.165) is 26.4 Å². The maximum Gasteiger partial charge on any atom is 0.102 e. The van der Waals surface area contributed by atoms with Gasteiger partial charge in [0.25, 0.3) is 0 Å². The van der Waals surface area contributed by atoms with Gasteiger partial charge in [-0.3, -0.25) is 9.80 Å². The van der Waals surface area contributed by atoms with Gasteiger partial charge in [-0.05, 0) is 0 Å². The third kappa shape index (κ3) is 7.92. The van der Waals surface area contributed by atoms with Gasteiger partial charge in [0.15, 0.2) is 0 Å². The lowest BCUT2D eigenvalue weighted by molar-refractivity contribution is -0.916. The van der Waals surface area contributed by atoms with E-state index in [1.165, 1.54) is 87.5 Å². The average Bonchev–Trinajstić information content (AvgIpc) is 2.61. The number of hydrogen-bond donors (Lipinski definition) is 0. The van der Waals surface area contributed by atoms with Gasteiger partial charge in [0.2, 0.25) is 0 Å². The van der Waals surface area contributed by atoms with Crippen molar-refractivity contribution in [3.05, 3.63) is 0 Å². The van der Waals surface area contributed by atoms with Crippen molar-refractivity contribution in [3.63, 3.8) is 0 Å². The molecule has 8 heteroatoms. The normalized spacial score (nSPS) is 26.5. The quantitative estimate of drug-likeness (QED) is 0.225. The highest BCUT2D eigenvalue weighted by atomic mass is 127. The van der Waals surface area contributed by atoms with E-state index in [2.05, 4.69) is 23.9 Å². The summed E-state index contributed by atoms with van der Waals surface area (Å²) in [6.45, 7) is 18.5. The first-order valence-electron chi connectivity index (χ1n) is 9.84. The van der Waals surface area contributed by atoms with Gasteiger partial charge in [0.1, 0.15) is 26.2 Å². The van der Waals surface area contributed by atoms with E-state index in [1.807, 2.05) is 0 Å². The van der Waals surface area contributed by atoms with E-state index in [0.29, 0.717) is 0 Å². The molecule has 26 heavy (non-hydrogen) atoms. The molecule has 6 nitrogen and oxygen atoms in total. The summed E-state index contributed by atoms with van der Waals surface area (Å²) < 4.78 is 13.4. The van der Waals surface area contributed by atoms with E-state index in [4.69, 9.17) is 9.47 Å². The minimum absolute atomic E-state index is 0. The number of rotatable bonds is 6. The fourth-order valence-electron chi connectivity index (χ4n) is 4.02. The smallest absolute Gasteiger partial charge is 0.102 e. The predicted molar refractivity (Wildman–Crippen MR) is 96.1 cm³/mol. The van der Waals surface area contributed by atoms with Crippen molar-refractivity contribution in [1.82, 2.24) is 9.80 Å². The molecule has 3 heterocycles. The van der Waals surface area contributed by atoms with Crippen LogP contribution in [0.15, 0.2) is 0 Å². The van der Waals surface area contributed by atoms with Crippen LogP contribution >= 0.6 is 0 Å². The molecule has 0 amide bonds. The number of morpholine rings is 2. The van der Waals surface area contributed by atoms with Crippen LogP contribution < -0.4 is 48.0 Å². The van der Waals surface area contributed by atoms with Crippen LogP contribution in [0.1, 0.15) is 0 Å². The van der Waals surface area contributed by atoms with Crippen LogP contribution in [0.4, 0.5) is 0 Å². The highest BCUT2D eigenvalue weighted by molar-refractivity contribution is 4.72.